The van der Waals surface area contributed by atoms with Gasteiger partial charge in [-0.15, -0.1) is 0 Å². The molecule has 1 aromatic heterocycles. The van der Waals surface area contributed by atoms with Crippen LogP contribution in [0.2, 0.25) is 0 Å². The molecule has 1 atom stereocenters. The molecule has 4 heteroatoms. The van der Waals surface area contributed by atoms with Crippen molar-refractivity contribution in [1.29, 1.82) is 0 Å². The predicted molar refractivity (Wildman–Crippen MR) is 93.8 cm³/mol. The van der Waals surface area contributed by atoms with E-state index < -0.39 is 0 Å². The van der Waals surface area contributed by atoms with Crippen molar-refractivity contribution in [3.05, 3.63) is 41.1 Å². The maximum Gasteiger partial charge on any atom is 0.253 e. The first-order valence-electron chi connectivity index (χ1n) is 8.41. The van der Waals surface area contributed by atoms with E-state index in [0.29, 0.717) is 11.6 Å². The van der Waals surface area contributed by atoms with Crippen molar-refractivity contribution in [2.24, 2.45) is 0 Å². The minimum Gasteiger partial charge on any atom is -0.352 e. The SMILES string of the molecule is Cc1ccc2nc(C)c(C(=O)NCCC3CCCN3C)cc2c1. The van der Waals surface area contributed by atoms with Crippen molar-refractivity contribution in [3.63, 3.8) is 0 Å². The van der Waals surface area contributed by atoms with Crippen LogP contribution in [0.3, 0.4) is 0 Å². The largest absolute Gasteiger partial charge is 0.352 e. The Balaban J connectivity index is 1.69. The highest BCUT2D eigenvalue weighted by atomic mass is 16.1. The minimum absolute atomic E-state index is 0.0148. The zero-order chi connectivity index (χ0) is 16.4. The number of aromatic nitrogens is 1. The summed E-state index contributed by atoms with van der Waals surface area (Å²) < 4.78 is 0. The summed E-state index contributed by atoms with van der Waals surface area (Å²) in [6, 6.07) is 8.70. The van der Waals surface area contributed by atoms with Gasteiger partial charge in [0, 0.05) is 18.0 Å². The Morgan fingerprint density at radius 1 is 1.35 bits per heavy atom. The first-order chi connectivity index (χ1) is 11.0. The summed E-state index contributed by atoms with van der Waals surface area (Å²) in [5.41, 5.74) is 3.59. The molecule has 0 saturated carbocycles. The number of hydrogen-bond donors (Lipinski definition) is 1. The van der Waals surface area contributed by atoms with Crippen LogP contribution in [0.5, 0.6) is 0 Å². The van der Waals surface area contributed by atoms with Gasteiger partial charge >= 0.3 is 0 Å². The maximum absolute atomic E-state index is 12.5. The fraction of sp³-hybridized carbons (Fsp3) is 0.474. The van der Waals surface area contributed by atoms with Gasteiger partial charge in [0.05, 0.1) is 16.8 Å². The van der Waals surface area contributed by atoms with Crippen LogP contribution >= 0.6 is 0 Å². The maximum atomic E-state index is 12.5. The van der Waals surface area contributed by atoms with E-state index in [4.69, 9.17) is 0 Å². The zero-order valence-corrected chi connectivity index (χ0v) is 14.2. The zero-order valence-electron chi connectivity index (χ0n) is 14.2. The van der Waals surface area contributed by atoms with Gasteiger partial charge in [0.2, 0.25) is 0 Å². The topological polar surface area (TPSA) is 45.2 Å². The first-order valence-corrected chi connectivity index (χ1v) is 8.41. The van der Waals surface area contributed by atoms with Gasteiger partial charge in [0.1, 0.15) is 0 Å². The molecular formula is C19H25N3O. The molecule has 23 heavy (non-hydrogen) atoms. The van der Waals surface area contributed by atoms with E-state index in [1.807, 2.05) is 25.1 Å². The molecule has 1 amide bonds. The molecule has 0 radical (unpaired) electrons. The van der Waals surface area contributed by atoms with Gasteiger partial charge in [0.25, 0.3) is 5.91 Å². The van der Waals surface area contributed by atoms with Crippen molar-refractivity contribution in [2.45, 2.75) is 39.2 Å². The molecular weight excluding hydrogens is 286 g/mol. The molecule has 1 aromatic carbocycles. The summed E-state index contributed by atoms with van der Waals surface area (Å²) in [4.78, 5) is 19.4. The summed E-state index contributed by atoms with van der Waals surface area (Å²) in [6.45, 7) is 5.85. The average molecular weight is 311 g/mol. The monoisotopic (exact) mass is 311 g/mol. The molecule has 1 N–H and O–H groups in total. The highest BCUT2D eigenvalue weighted by Gasteiger charge is 2.20. The summed E-state index contributed by atoms with van der Waals surface area (Å²) in [6.07, 6.45) is 3.52. The number of rotatable bonds is 4. The molecule has 0 bridgehead atoms. The van der Waals surface area contributed by atoms with Gasteiger partial charge in [-0.2, -0.15) is 0 Å². The van der Waals surface area contributed by atoms with Gasteiger partial charge in [-0.1, -0.05) is 11.6 Å². The predicted octanol–water partition coefficient (Wildman–Crippen LogP) is 3.07. The lowest BCUT2D eigenvalue weighted by atomic mass is 10.1. The fourth-order valence-corrected chi connectivity index (χ4v) is 3.41. The van der Waals surface area contributed by atoms with E-state index >= 15 is 0 Å². The molecule has 2 heterocycles. The second kappa shape index (κ2) is 6.67. The van der Waals surface area contributed by atoms with Crippen LogP contribution < -0.4 is 5.32 Å². The number of nitrogens with one attached hydrogen (secondary N) is 1. The van der Waals surface area contributed by atoms with Crippen molar-refractivity contribution in [3.8, 4) is 0 Å². The van der Waals surface area contributed by atoms with Crippen molar-refractivity contribution >= 4 is 16.8 Å². The second-order valence-corrected chi connectivity index (χ2v) is 6.64. The van der Waals surface area contributed by atoms with E-state index in [1.54, 1.807) is 0 Å². The highest BCUT2D eigenvalue weighted by Crippen LogP contribution is 2.19. The Bertz CT molecular complexity index is 726. The molecule has 122 valence electrons. The van der Waals surface area contributed by atoms with E-state index in [-0.39, 0.29) is 5.91 Å². The van der Waals surface area contributed by atoms with Gasteiger partial charge < -0.3 is 10.2 Å². The van der Waals surface area contributed by atoms with E-state index in [9.17, 15) is 4.79 Å². The standard InChI is InChI=1S/C19H25N3O/c1-13-6-7-18-15(11-13)12-17(14(2)21-18)19(23)20-9-8-16-5-4-10-22(16)3/h6-7,11-12,16H,4-5,8-10H2,1-3H3,(H,20,23). The molecule has 0 aliphatic carbocycles. The summed E-state index contributed by atoms with van der Waals surface area (Å²) in [7, 11) is 2.17. The van der Waals surface area contributed by atoms with Crippen LogP contribution in [0, 0.1) is 13.8 Å². The Kier molecular flexibility index (Phi) is 4.62. The first kappa shape index (κ1) is 15.9. The number of aryl methyl sites for hydroxylation is 2. The number of benzene rings is 1. The highest BCUT2D eigenvalue weighted by molar-refractivity contribution is 5.98. The van der Waals surface area contributed by atoms with Crippen LogP contribution in [-0.2, 0) is 0 Å². The molecule has 1 aliphatic rings. The lowest BCUT2D eigenvalue weighted by Gasteiger charge is -2.19. The number of pyridine rings is 1. The van der Waals surface area contributed by atoms with Crippen LogP contribution in [0.4, 0.5) is 0 Å². The number of carbonyl (C=O) groups excluding carboxylic acids is 1. The van der Waals surface area contributed by atoms with Crippen molar-refractivity contribution < 1.29 is 4.79 Å². The number of nitrogens with zero attached hydrogens (tertiary/aromatic N) is 2. The Labute approximate surface area is 137 Å². The van der Waals surface area contributed by atoms with Crippen molar-refractivity contribution in [2.75, 3.05) is 20.1 Å². The molecule has 1 fully saturated rings. The van der Waals surface area contributed by atoms with Crippen LogP contribution in [0.25, 0.3) is 10.9 Å². The summed E-state index contributed by atoms with van der Waals surface area (Å²) >= 11 is 0. The molecule has 0 spiro atoms. The Hall–Kier alpha value is -1.94. The van der Waals surface area contributed by atoms with E-state index in [2.05, 4.69) is 35.2 Å². The normalized spacial score (nSPS) is 18.5. The lowest BCUT2D eigenvalue weighted by Crippen LogP contribution is -2.32. The summed E-state index contributed by atoms with van der Waals surface area (Å²) in [5.74, 6) is -0.0148. The van der Waals surface area contributed by atoms with Crippen LogP contribution in [0.1, 0.15) is 40.9 Å². The third-order valence-corrected chi connectivity index (χ3v) is 4.84. The van der Waals surface area contributed by atoms with Crippen molar-refractivity contribution in [1.82, 2.24) is 15.2 Å². The number of likely N-dealkylation sites (tertiary alicyclic amines) is 1. The lowest BCUT2D eigenvalue weighted by molar-refractivity contribution is 0.0949. The number of fused-ring (bicyclic) bond motifs is 1. The van der Waals surface area contributed by atoms with E-state index in [1.165, 1.54) is 24.9 Å². The van der Waals surface area contributed by atoms with E-state index in [0.717, 1.165) is 29.6 Å². The van der Waals surface area contributed by atoms with Gasteiger partial charge in [-0.05, 0) is 64.9 Å². The number of hydrogen-bond acceptors (Lipinski definition) is 3. The van der Waals surface area contributed by atoms with Gasteiger partial charge in [-0.3, -0.25) is 9.78 Å². The molecule has 1 saturated heterocycles. The number of carbonyl (C=O) groups is 1. The second-order valence-electron chi connectivity index (χ2n) is 6.64. The quantitative estimate of drug-likeness (QED) is 0.944. The van der Waals surface area contributed by atoms with Gasteiger partial charge in [0.15, 0.2) is 0 Å². The minimum atomic E-state index is -0.0148. The third kappa shape index (κ3) is 3.53. The van der Waals surface area contributed by atoms with Crippen LogP contribution in [0.15, 0.2) is 24.3 Å². The van der Waals surface area contributed by atoms with Crippen LogP contribution in [-0.4, -0.2) is 42.0 Å². The molecule has 4 nitrogen and oxygen atoms in total. The summed E-state index contributed by atoms with van der Waals surface area (Å²) in [5, 5.41) is 4.09. The Morgan fingerprint density at radius 3 is 2.91 bits per heavy atom. The average Bonchev–Trinajstić information content (AvgIpc) is 2.92. The molecule has 1 aliphatic heterocycles. The number of amides is 1. The van der Waals surface area contributed by atoms with Gasteiger partial charge in [-0.25, -0.2) is 0 Å². The Morgan fingerprint density at radius 2 is 2.17 bits per heavy atom. The smallest absolute Gasteiger partial charge is 0.253 e. The fourth-order valence-electron chi connectivity index (χ4n) is 3.41. The third-order valence-electron chi connectivity index (χ3n) is 4.84. The molecule has 1 unspecified atom stereocenters. The molecule has 2 aromatic rings. The molecule has 3 rings (SSSR count).